The van der Waals surface area contributed by atoms with Crippen LogP contribution in [0.3, 0.4) is 0 Å². The fraction of sp³-hybridized carbons (Fsp3) is 0.429. The minimum absolute atomic E-state index is 0.585. The van der Waals surface area contributed by atoms with E-state index < -0.39 is 0 Å². The van der Waals surface area contributed by atoms with Crippen LogP contribution in [0.2, 0.25) is 0 Å². The van der Waals surface area contributed by atoms with Crippen molar-refractivity contribution in [2.45, 2.75) is 38.5 Å². The lowest BCUT2D eigenvalue weighted by Gasteiger charge is -2.21. The number of allylic oxidation sites excluding steroid dienone is 1. The molecular formula is C14H15Br. The van der Waals surface area contributed by atoms with E-state index >= 15 is 0 Å². The Balaban J connectivity index is 2.26. The molecule has 1 aromatic carbocycles. The molecule has 0 bridgehead atoms. The van der Waals surface area contributed by atoms with E-state index in [9.17, 15) is 0 Å². The smallest absolute Gasteiger partial charge is 0.0222 e. The van der Waals surface area contributed by atoms with Gasteiger partial charge in [0.25, 0.3) is 0 Å². The Hall–Kier alpha value is -0.560. The molecule has 0 saturated heterocycles. The van der Waals surface area contributed by atoms with Crippen LogP contribution in [0.4, 0.5) is 0 Å². The van der Waals surface area contributed by atoms with Gasteiger partial charge in [0.1, 0.15) is 0 Å². The molecule has 0 spiro atoms. The van der Waals surface area contributed by atoms with Gasteiger partial charge in [-0.05, 0) is 54.0 Å². The summed E-state index contributed by atoms with van der Waals surface area (Å²) in [6.07, 6.45) is 9.92. The van der Waals surface area contributed by atoms with Crippen molar-refractivity contribution in [1.82, 2.24) is 0 Å². The van der Waals surface area contributed by atoms with Crippen molar-refractivity contribution in [2.75, 3.05) is 0 Å². The van der Waals surface area contributed by atoms with Crippen molar-refractivity contribution >= 4 is 22.0 Å². The Morgan fingerprint density at radius 2 is 2.07 bits per heavy atom. The van der Waals surface area contributed by atoms with Crippen molar-refractivity contribution in [2.24, 2.45) is 0 Å². The lowest BCUT2D eigenvalue weighted by Crippen LogP contribution is -2.06. The summed E-state index contributed by atoms with van der Waals surface area (Å²) in [5.74, 6) is 0.585. The fourth-order valence-corrected chi connectivity index (χ4v) is 3.76. The normalized spacial score (nSPS) is 22.7. The van der Waals surface area contributed by atoms with E-state index in [2.05, 4.69) is 41.1 Å². The summed E-state index contributed by atoms with van der Waals surface area (Å²) >= 11 is 3.73. The third-order valence-corrected chi connectivity index (χ3v) is 4.35. The monoisotopic (exact) mass is 262 g/mol. The molecule has 0 saturated carbocycles. The highest BCUT2D eigenvalue weighted by Gasteiger charge is 2.23. The van der Waals surface area contributed by atoms with Gasteiger partial charge in [-0.1, -0.05) is 35.0 Å². The molecule has 1 unspecified atom stereocenters. The van der Waals surface area contributed by atoms with Crippen LogP contribution in [0, 0.1) is 0 Å². The molecule has 0 radical (unpaired) electrons. The van der Waals surface area contributed by atoms with Crippen LogP contribution in [-0.4, -0.2) is 0 Å². The van der Waals surface area contributed by atoms with Crippen LogP contribution in [-0.2, 0) is 12.8 Å². The van der Waals surface area contributed by atoms with Gasteiger partial charge in [0.2, 0.25) is 0 Å². The number of fused-ring (bicyclic) bond motifs is 3. The maximum absolute atomic E-state index is 3.73. The molecule has 15 heavy (non-hydrogen) atoms. The lowest BCUT2D eigenvalue weighted by molar-refractivity contribution is 0.682. The molecule has 1 atom stereocenters. The first-order valence-corrected chi connectivity index (χ1v) is 6.59. The second kappa shape index (κ2) is 3.48. The molecule has 0 N–H and O–H groups in total. The molecule has 2 aliphatic carbocycles. The summed E-state index contributed by atoms with van der Waals surface area (Å²) in [6, 6.07) is 2.36. The lowest BCUT2D eigenvalue weighted by atomic mass is 9.86. The molecular weight excluding hydrogens is 248 g/mol. The SMILES string of the molecule is CC1C=Cc2c3c(cc(Br)c21)CCCC3. The van der Waals surface area contributed by atoms with Crippen LogP contribution in [0.5, 0.6) is 0 Å². The molecule has 1 aromatic rings. The first-order chi connectivity index (χ1) is 7.27. The van der Waals surface area contributed by atoms with Crippen molar-refractivity contribution in [1.29, 1.82) is 0 Å². The van der Waals surface area contributed by atoms with E-state index in [1.165, 1.54) is 41.3 Å². The van der Waals surface area contributed by atoms with Gasteiger partial charge < -0.3 is 0 Å². The van der Waals surface area contributed by atoms with Gasteiger partial charge in [0.05, 0.1) is 0 Å². The van der Waals surface area contributed by atoms with Crippen molar-refractivity contribution in [3.05, 3.63) is 38.9 Å². The minimum Gasteiger partial charge on any atom is -0.0766 e. The Bertz CT molecular complexity index is 443. The number of aryl methyl sites for hydroxylation is 1. The number of hydrogen-bond acceptors (Lipinski definition) is 0. The second-order valence-electron chi connectivity index (χ2n) is 4.68. The van der Waals surface area contributed by atoms with Gasteiger partial charge >= 0.3 is 0 Å². The summed E-state index contributed by atoms with van der Waals surface area (Å²) in [7, 11) is 0. The van der Waals surface area contributed by atoms with Gasteiger partial charge in [-0.2, -0.15) is 0 Å². The second-order valence-corrected chi connectivity index (χ2v) is 5.53. The molecule has 3 rings (SSSR count). The molecule has 78 valence electrons. The largest absolute Gasteiger partial charge is 0.0766 e. The maximum Gasteiger partial charge on any atom is 0.0222 e. The van der Waals surface area contributed by atoms with E-state index in [4.69, 9.17) is 0 Å². The van der Waals surface area contributed by atoms with E-state index in [1.807, 2.05) is 0 Å². The topological polar surface area (TPSA) is 0 Å². The van der Waals surface area contributed by atoms with Crippen LogP contribution in [0.15, 0.2) is 16.6 Å². The summed E-state index contributed by atoms with van der Waals surface area (Å²) in [6.45, 7) is 2.28. The highest BCUT2D eigenvalue weighted by molar-refractivity contribution is 9.10. The van der Waals surface area contributed by atoms with Crippen LogP contribution in [0.1, 0.15) is 47.9 Å². The average Bonchev–Trinajstić information content (AvgIpc) is 2.62. The Labute approximate surface area is 99.5 Å². The van der Waals surface area contributed by atoms with E-state index in [0.717, 1.165) is 0 Å². The van der Waals surface area contributed by atoms with Crippen LogP contribution in [0.25, 0.3) is 6.08 Å². The van der Waals surface area contributed by atoms with Crippen molar-refractivity contribution < 1.29 is 0 Å². The zero-order valence-corrected chi connectivity index (χ0v) is 10.6. The van der Waals surface area contributed by atoms with E-state index in [1.54, 1.807) is 11.1 Å². The van der Waals surface area contributed by atoms with Gasteiger partial charge in [-0.25, -0.2) is 0 Å². The zero-order chi connectivity index (χ0) is 10.4. The zero-order valence-electron chi connectivity index (χ0n) is 9.02. The maximum atomic E-state index is 3.73. The highest BCUT2D eigenvalue weighted by Crippen LogP contribution is 2.41. The standard InChI is InChI=1S/C14H15Br/c1-9-6-7-12-11-5-3-2-4-10(11)8-13(15)14(9)12/h6-9H,2-5H2,1H3. The highest BCUT2D eigenvalue weighted by atomic mass is 79.9. The molecule has 0 amide bonds. The summed E-state index contributed by atoms with van der Waals surface area (Å²) in [4.78, 5) is 0. The first-order valence-electron chi connectivity index (χ1n) is 5.79. The third-order valence-electron chi connectivity index (χ3n) is 3.69. The van der Waals surface area contributed by atoms with Gasteiger partial charge in [0.15, 0.2) is 0 Å². The Morgan fingerprint density at radius 1 is 1.27 bits per heavy atom. The molecule has 0 nitrogen and oxygen atoms in total. The van der Waals surface area contributed by atoms with Crippen LogP contribution < -0.4 is 0 Å². The van der Waals surface area contributed by atoms with Crippen LogP contribution >= 0.6 is 15.9 Å². The fourth-order valence-electron chi connectivity index (χ4n) is 2.91. The van der Waals surface area contributed by atoms with Gasteiger partial charge in [0, 0.05) is 10.4 Å². The molecule has 0 aliphatic heterocycles. The number of rotatable bonds is 0. The molecule has 0 fully saturated rings. The number of hydrogen-bond donors (Lipinski definition) is 0. The minimum atomic E-state index is 0.585. The predicted molar refractivity (Wildman–Crippen MR) is 68.2 cm³/mol. The van der Waals surface area contributed by atoms with E-state index in [0.29, 0.717) is 5.92 Å². The third kappa shape index (κ3) is 1.40. The average molecular weight is 263 g/mol. The molecule has 0 heterocycles. The Morgan fingerprint density at radius 3 is 2.93 bits per heavy atom. The summed E-state index contributed by atoms with van der Waals surface area (Å²) < 4.78 is 1.32. The quantitative estimate of drug-likeness (QED) is 0.648. The van der Waals surface area contributed by atoms with Crippen molar-refractivity contribution in [3.8, 4) is 0 Å². The predicted octanol–water partition coefficient (Wildman–Crippen LogP) is 4.46. The van der Waals surface area contributed by atoms with Gasteiger partial charge in [-0.3, -0.25) is 0 Å². The number of halogens is 1. The van der Waals surface area contributed by atoms with Gasteiger partial charge in [-0.15, -0.1) is 0 Å². The number of benzene rings is 1. The Kier molecular flexibility index (Phi) is 2.24. The molecule has 0 aromatic heterocycles. The van der Waals surface area contributed by atoms with E-state index in [-0.39, 0.29) is 0 Å². The summed E-state index contributed by atoms with van der Waals surface area (Å²) in [5, 5.41) is 0. The van der Waals surface area contributed by atoms with Crippen molar-refractivity contribution in [3.63, 3.8) is 0 Å². The molecule has 2 aliphatic rings. The summed E-state index contributed by atoms with van der Waals surface area (Å²) in [5.41, 5.74) is 6.23. The first kappa shape index (κ1) is 9.65. The molecule has 1 heteroatoms.